The molecule has 0 aliphatic carbocycles. The van der Waals surface area contributed by atoms with Gasteiger partial charge in [-0.2, -0.15) is 5.10 Å². The van der Waals surface area contributed by atoms with E-state index in [9.17, 15) is 13.2 Å². The van der Waals surface area contributed by atoms with Crippen molar-refractivity contribution in [1.82, 2.24) is 19.5 Å². The fourth-order valence-corrected chi connectivity index (χ4v) is 3.69. The van der Waals surface area contributed by atoms with Crippen LogP contribution in [0.4, 0.5) is 0 Å². The quantitative estimate of drug-likeness (QED) is 0.755. The van der Waals surface area contributed by atoms with E-state index in [4.69, 9.17) is 0 Å². The van der Waals surface area contributed by atoms with Crippen molar-refractivity contribution in [3.63, 3.8) is 0 Å². The predicted octanol–water partition coefficient (Wildman–Crippen LogP) is 1.41. The number of aryl methyl sites for hydroxylation is 2. The highest BCUT2D eigenvalue weighted by molar-refractivity contribution is 7.90. The van der Waals surface area contributed by atoms with Crippen LogP contribution in [0, 0.1) is 0 Å². The second-order valence-electron chi connectivity index (χ2n) is 5.40. The molecule has 1 N–H and O–H groups in total. The SMILES string of the molecule is Cn1cc(CCC(=O)NS(=O)(=O)c2cccc3cnccc23)cn1. The maximum absolute atomic E-state index is 12.5. The summed E-state index contributed by atoms with van der Waals surface area (Å²) < 4.78 is 28.8. The number of rotatable bonds is 5. The van der Waals surface area contributed by atoms with Gasteiger partial charge in [0.2, 0.25) is 5.91 Å². The first-order chi connectivity index (χ1) is 11.5. The average Bonchev–Trinajstić information content (AvgIpc) is 2.97. The summed E-state index contributed by atoms with van der Waals surface area (Å²) in [5, 5.41) is 5.24. The van der Waals surface area contributed by atoms with E-state index >= 15 is 0 Å². The average molecular weight is 344 g/mol. The molecule has 3 aromatic rings. The molecular weight excluding hydrogens is 328 g/mol. The predicted molar refractivity (Wildman–Crippen MR) is 88.6 cm³/mol. The summed E-state index contributed by atoms with van der Waals surface area (Å²) >= 11 is 0. The first-order valence-electron chi connectivity index (χ1n) is 7.31. The third-order valence-electron chi connectivity index (χ3n) is 3.58. The molecule has 3 rings (SSSR count). The molecule has 0 atom stereocenters. The molecule has 124 valence electrons. The van der Waals surface area contributed by atoms with Crippen LogP contribution in [0.2, 0.25) is 0 Å². The molecule has 7 nitrogen and oxygen atoms in total. The number of benzene rings is 1. The van der Waals surface area contributed by atoms with E-state index in [-0.39, 0.29) is 11.3 Å². The Bertz CT molecular complexity index is 990. The molecular formula is C16H16N4O3S. The highest BCUT2D eigenvalue weighted by Crippen LogP contribution is 2.21. The van der Waals surface area contributed by atoms with E-state index in [0.29, 0.717) is 17.2 Å². The number of aromatic nitrogens is 3. The van der Waals surface area contributed by atoms with E-state index in [1.807, 2.05) is 0 Å². The third kappa shape index (κ3) is 3.43. The lowest BCUT2D eigenvalue weighted by Crippen LogP contribution is -2.30. The van der Waals surface area contributed by atoms with Crippen molar-refractivity contribution >= 4 is 26.7 Å². The van der Waals surface area contributed by atoms with Gasteiger partial charge in [-0.1, -0.05) is 12.1 Å². The van der Waals surface area contributed by atoms with Gasteiger partial charge in [-0.25, -0.2) is 13.1 Å². The number of nitrogens with one attached hydrogen (secondary N) is 1. The molecule has 0 aliphatic heterocycles. The van der Waals surface area contributed by atoms with Crippen molar-refractivity contribution in [3.8, 4) is 0 Å². The minimum atomic E-state index is -3.93. The zero-order valence-electron chi connectivity index (χ0n) is 13.0. The molecule has 0 spiro atoms. The molecule has 0 saturated heterocycles. The molecule has 1 amide bonds. The van der Waals surface area contributed by atoms with Crippen molar-refractivity contribution in [2.75, 3.05) is 0 Å². The molecule has 0 fully saturated rings. The summed E-state index contributed by atoms with van der Waals surface area (Å²) in [4.78, 5) is 16.1. The number of fused-ring (bicyclic) bond motifs is 1. The second kappa shape index (κ2) is 6.40. The van der Waals surface area contributed by atoms with Gasteiger partial charge in [0, 0.05) is 42.8 Å². The normalized spacial score (nSPS) is 11.5. The van der Waals surface area contributed by atoms with Crippen molar-refractivity contribution in [2.24, 2.45) is 7.05 Å². The number of sulfonamides is 1. The Balaban J connectivity index is 1.76. The van der Waals surface area contributed by atoms with Crippen molar-refractivity contribution in [2.45, 2.75) is 17.7 Å². The Morgan fingerprint density at radius 2 is 2.08 bits per heavy atom. The largest absolute Gasteiger partial charge is 0.276 e. The van der Waals surface area contributed by atoms with Crippen molar-refractivity contribution in [3.05, 3.63) is 54.6 Å². The van der Waals surface area contributed by atoms with Gasteiger partial charge >= 0.3 is 0 Å². The van der Waals surface area contributed by atoms with Crippen LogP contribution < -0.4 is 4.72 Å². The van der Waals surface area contributed by atoms with Gasteiger partial charge < -0.3 is 0 Å². The molecule has 8 heteroatoms. The van der Waals surface area contributed by atoms with Crippen molar-refractivity contribution in [1.29, 1.82) is 0 Å². The maximum Gasteiger partial charge on any atom is 0.264 e. The van der Waals surface area contributed by atoms with Gasteiger partial charge in [0.05, 0.1) is 11.1 Å². The summed E-state index contributed by atoms with van der Waals surface area (Å²) in [5.74, 6) is -0.551. The van der Waals surface area contributed by atoms with Gasteiger partial charge in [-0.05, 0) is 24.1 Å². The first kappa shape index (κ1) is 16.1. The lowest BCUT2D eigenvalue weighted by molar-refractivity contribution is -0.119. The fourth-order valence-electron chi connectivity index (χ4n) is 2.44. The number of amides is 1. The van der Waals surface area contributed by atoms with Gasteiger partial charge in [-0.15, -0.1) is 0 Å². The third-order valence-corrected chi connectivity index (χ3v) is 5.01. The fraction of sp³-hybridized carbons (Fsp3) is 0.188. The van der Waals surface area contributed by atoms with E-state index in [1.54, 1.807) is 48.5 Å². The first-order valence-corrected chi connectivity index (χ1v) is 8.80. The lowest BCUT2D eigenvalue weighted by Gasteiger charge is -2.09. The van der Waals surface area contributed by atoms with Gasteiger partial charge in [-0.3, -0.25) is 14.5 Å². The Labute approximate surface area is 139 Å². The number of carbonyl (C=O) groups is 1. The molecule has 0 unspecified atom stereocenters. The van der Waals surface area contributed by atoms with Gasteiger partial charge in [0.15, 0.2) is 0 Å². The topological polar surface area (TPSA) is 94.0 Å². The van der Waals surface area contributed by atoms with Crippen LogP contribution in [0.25, 0.3) is 10.8 Å². The van der Waals surface area contributed by atoms with Crippen LogP contribution in [0.15, 0.2) is 53.9 Å². The lowest BCUT2D eigenvalue weighted by atomic mass is 10.2. The highest BCUT2D eigenvalue weighted by atomic mass is 32.2. The molecule has 0 bridgehead atoms. The van der Waals surface area contributed by atoms with E-state index in [1.165, 1.54) is 12.3 Å². The molecule has 2 heterocycles. The van der Waals surface area contributed by atoms with Crippen LogP contribution in [-0.4, -0.2) is 29.1 Å². The molecule has 1 aromatic carbocycles. The van der Waals surface area contributed by atoms with Crippen molar-refractivity contribution < 1.29 is 13.2 Å². The van der Waals surface area contributed by atoms with Gasteiger partial charge in [0.1, 0.15) is 0 Å². The number of pyridine rings is 1. The monoisotopic (exact) mass is 344 g/mol. The van der Waals surface area contributed by atoms with Crippen LogP contribution >= 0.6 is 0 Å². The Morgan fingerprint density at radius 3 is 2.83 bits per heavy atom. The van der Waals surface area contributed by atoms with E-state index < -0.39 is 15.9 Å². The number of carbonyl (C=O) groups excluding carboxylic acids is 1. The Morgan fingerprint density at radius 1 is 1.25 bits per heavy atom. The van der Waals surface area contributed by atoms with Crippen LogP contribution in [-0.2, 0) is 28.3 Å². The van der Waals surface area contributed by atoms with Crippen LogP contribution in [0.5, 0.6) is 0 Å². The summed E-state index contributed by atoms with van der Waals surface area (Å²) in [6.45, 7) is 0. The van der Waals surface area contributed by atoms with E-state index in [2.05, 4.69) is 14.8 Å². The second-order valence-corrected chi connectivity index (χ2v) is 7.05. The smallest absolute Gasteiger partial charge is 0.264 e. The molecule has 0 radical (unpaired) electrons. The minimum absolute atomic E-state index is 0.0667. The van der Waals surface area contributed by atoms with Crippen LogP contribution in [0.3, 0.4) is 0 Å². The molecule has 0 aliphatic rings. The summed E-state index contributed by atoms with van der Waals surface area (Å²) in [7, 11) is -2.15. The number of hydrogen-bond donors (Lipinski definition) is 1. The maximum atomic E-state index is 12.5. The Kier molecular flexibility index (Phi) is 4.30. The molecule has 2 aromatic heterocycles. The number of nitrogens with zero attached hydrogens (tertiary/aromatic N) is 3. The number of hydrogen-bond acceptors (Lipinski definition) is 5. The molecule has 24 heavy (non-hydrogen) atoms. The van der Waals surface area contributed by atoms with Crippen LogP contribution in [0.1, 0.15) is 12.0 Å². The highest BCUT2D eigenvalue weighted by Gasteiger charge is 2.20. The van der Waals surface area contributed by atoms with E-state index in [0.717, 1.165) is 5.56 Å². The standard InChI is InChI=1S/C16H16N4O3S/c1-20-11-12(9-18-20)5-6-16(21)19-24(22,23)15-4-2-3-13-10-17-8-7-14(13)15/h2-4,7-11H,5-6H2,1H3,(H,19,21). The summed E-state index contributed by atoms with van der Waals surface area (Å²) in [6.07, 6.45) is 7.04. The van der Waals surface area contributed by atoms with Gasteiger partial charge in [0.25, 0.3) is 10.0 Å². The zero-order chi connectivity index (χ0) is 17.2. The molecule has 0 saturated carbocycles. The zero-order valence-corrected chi connectivity index (χ0v) is 13.8. The minimum Gasteiger partial charge on any atom is -0.276 e. The summed E-state index contributed by atoms with van der Waals surface area (Å²) in [5.41, 5.74) is 0.876. The Hall–Kier alpha value is -2.74. The summed E-state index contributed by atoms with van der Waals surface area (Å²) in [6, 6.07) is 6.48.